The number of hydrogen-bond donors (Lipinski definition) is 0. The molecule has 4 aromatic rings. The van der Waals surface area contributed by atoms with Crippen molar-refractivity contribution >= 4 is 35.1 Å². The molecule has 136 valence electrons. The lowest BCUT2D eigenvalue weighted by Gasteiger charge is -2.01. The summed E-state index contributed by atoms with van der Waals surface area (Å²) in [5, 5.41) is 0.907. The van der Waals surface area contributed by atoms with E-state index in [4.69, 9.17) is 9.97 Å². The topological polar surface area (TPSA) is 54.9 Å². The largest absolute Gasteiger partial charge is 0.297 e. The molecule has 0 saturated carbocycles. The van der Waals surface area contributed by atoms with Crippen LogP contribution in [0.5, 0.6) is 0 Å². The number of amidine groups is 1. The molecule has 0 atom stereocenters. The molecule has 1 aliphatic heterocycles. The highest BCUT2D eigenvalue weighted by Gasteiger charge is 2.22. The fraction of sp³-hybridized carbons (Fsp3) is 0.0909. The van der Waals surface area contributed by atoms with Crippen LogP contribution in [0.25, 0.3) is 33.7 Å². The van der Waals surface area contributed by atoms with E-state index < -0.39 is 0 Å². The maximum absolute atomic E-state index is 5.01. The van der Waals surface area contributed by atoms with Crippen LogP contribution in [-0.4, -0.2) is 33.0 Å². The maximum Gasteiger partial charge on any atom is 0.167 e. The van der Waals surface area contributed by atoms with E-state index in [1.807, 2.05) is 55.7 Å². The number of pyridine rings is 1. The molecule has 6 heteroatoms. The van der Waals surface area contributed by atoms with Gasteiger partial charge in [-0.25, -0.2) is 15.0 Å². The maximum atomic E-state index is 5.01. The fourth-order valence-corrected chi connectivity index (χ4v) is 4.49. The molecule has 3 aromatic heterocycles. The Morgan fingerprint density at radius 2 is 1.96 bits per heavy atom. The van der Waals surface area contributed by atoms with Gasteiger partial charge in [-0.15, -0.1) is 11.3 Å². The summed E-state index contributed by atoms with van der Waals surface area (Å²) in [6.07, 6.45) is 5.72. The predicted molar refractivity (Wildman–Crippen MR) is 116 cm³/mol. The van der Waals surface area contributed by atoms with Crippen molar-refractivity contribution in [1.82, 2.24) is 14.4 Å². The summed E-state index contributed by atoms with van der Waals surface area (Å²) in [7, 11) is 0. The number of hydrogen-bond acceptors (Lipinski definition) is 5. The number of aliphatic imine (C=N–C) groups is 2. The Balaban J connectivity index is 1.76. The van der Waals surface area contributed by atoms with Crippen molar-refractivity contribution in [2.24, 2.45) is 9.98 Å². The van der Waals surface area contributed by atoms with E-state index >= 15 is 0 Å². The van der Waals surface area contributed by atoms with E-state index in [1.165, 1.54) is 0 Å². The molecule has 1 aliphatic rings. The monoisotopic (exact) mass is 383 g/mol. The Labute approximate surface area is 166 Å². The van der Waals surface area contributed by atoms with Crippen LogP contribution < -0.4 is 0 Å². The molecule has 0 spiro atoms. The lowest BCUT2D eigenvalue weighted by atomic mass is 10.1. The lowest BCUT2D eigenvalue weighted by molar-refractivity contribution is 1.17. The molecule has 0 radical (unpaired) electrons. The minimum absolute atomic E-state index is 0.619. The third-order valence-electron chi connectivity index (χ3n) is 4.67. The Morgan fingerprint density at radius 1 is 1.11 bits per heavy atom. The second-order valence-corrected chi connectivity index (χ2v) is 7.48. The van der Waals surface area contributed by atoms with E-state index in [1.54, 1.807) is 11.3 Å². The van der Waals surface area contributed by atoms with Crippen molar-refractivity contribution in [3.8, 4) is 22.0 Å². The van der Waals surface area contributed by atoms with Crippen LogP contribution in [0, 0.1) is 6.92 Å². The van der Waals surface area contributed by atoms with Gasteiger partial charge < -0.3 is 0 Å². The molecule has 0 unspecified atom stereocenters. The molecule has 5 nitrogen and oxygen atoms in total. The second-order valence-electron chi connectivity index (χ2n) is 6.48. The van der Waals surface area contributed by atoms with E-state index in [2.05, 4.69) is 33.1 Å². The summed E-state index contributed by atoms with van der Waals surface area (Å²) >= 11 is 1.61. The number of imidazole rings is 1. The zero-order valence-electron chi connectivity index (χ0n) is 15.3. The van der Waals surface area contributed by atoms with Gasteiger partial charge in [-0.05, 0) is 24.6 Å². The Hall–Kier alpha value is -3.38. The molecule has 0 amide bonds. The van der Waals surface area contributed by atoms with Gasteiger partial charge in [0.15, 0.2) is 5.84 Å². The van der Waals surface area contributed by atoms with Crippen molar-refractivity contribution in [1.29, 1.82) is 0 Å². The van der Waals surface area contributed by atoms with Gasteiger partial charge in [-0.3, -0.25) is 9.39 Å². The summed E-state index contributed by atoms with van der Waals surface area (Å²) < 4.78 is 2.09. The molecule has 0 bridgehead atoms. The first-order valence-corrected chi connectivity index (χ1v) is 9.81. The molecule has 28 heavy (non-hydrogen) atoms. The van der Waals surface area contributed by atoms with Gasteiger partial charge in [0, 0.05) is 18.0 Å². The Bertz CT molecular complexity index is 1260. The lowest BCUT2D eigenvalue weighted by Crippen LogP contribution is -1.93. The summed E-state index contributed by atoms with van der Waals surface area (Å²) in [5.74, 6) is 0.751. The summed E-state index contributed by atoms with van der Waals surface area (Å²) in [6, 6.07) is 14.2. The summed E-state index contributed by atoms with van der Waals surface area (Å²) in [5.41, 5.74) is 5.84. The van der Waals surface area contributed by atoms with Gasteiger partial charge in [-0.1, -0.05) is 43.0 Å². The fourth-order valence-electron chi connectivity index (χ4n) is 3.35. The highest BCUT2D eigenvalue weighted by molar-refractivity contribution is 7.17. The highest BCUT2D eigenvalue weighted by Crippen LogP contribution is 2.36. The van der Waals surface area contributed by atoms with Gasteiger partial charge >= 0.3 is 0 Å². The van der Waals surface area contributed by atoms with Crippen molar-refractivity contribution in [3.05, 3.63) is 71.4 Å². The normalized spacial score (nSPS) is 13.2. The van der Waals surface area contributed by atoms with Crippen LogP contribution in [0.15, 0.2) is 65.2 Å². The molecule has 0 saturated heterocycles. The molecular weight excluding hydrogens is 366 g/mol. The van der Waals surface area contributed by atoms with Crippen LogP contribution in [-0.2, 0) is 0 Å². The van der Waals surface area contributed by atoms with Crippen molar-refractivity contribution in [2.75, 3.05) is 6.54 Å². The number of thiazole rings is 1. The summed E-state index contributed by atoms with van der Waals surface area (Å²) in [4.78, 5) is 19.7. The van der Waals surface area contributed by atoms with E-state index in [0.717, 1.165) is 49.6 Å². The average Bonchev–Trinajstić information content (AvgIpc) is 3.45. The number of rotatable bonds is 4. The van der Waals surface area contributed by atoms with Crippen LogP contribution in [0.4, 0.5) is 0 Å². The van der Waals surface area contributed by atoms with E-state index in [-0.39, 0.29) is 0 Å². The first-order chi connectivity index (χ1) is 13.7. The third-order valence-corrected chi connectivity index (χ3v) is 5.73. The van der Waals surface area contributed by atoms with E-state index in [0.29, 0.717) is 6.54 Å². The Kier molecular flexibility index (Phi) is 3.98. The SMILES string of the molecule is C=Cc1ccc2nc(C)c(-c3nc(-c4ccccc4)c(C4=NCC=N4)s3)n2c1. The third kappa shape index (κ3) is 2.70. The molecule has 0 N–H and O–H groups in total. The van der Waals surface area contributed by atoms with Gasteiger partial charge in [0.1, 0.15) is 16.3 Å². The number of aromatic nitrogens is 3. The quantitative estimate of drug-likeness (QED) is 0.503. The van der Waals surface area contributed by atoms with Gasteiger partial charge in [0.25, 0.3) is 0 Å². The van der Waals surface area contributed by atoms with Crippen molar-refractivity contribution in [2.45, 2.75) is 6.92 Å². The van der Waals surface area contributed by atoms with Crippen LogP contribution in [0.3, 0.4) is 0 Å². The van der Waals surface area contributed by atoms with Crippen LogP contribution in [0.2, 0.25) is 0 Å². The van der Waals surface area contributed by atoms with Gasteiger partial charge in [0.2, 0.25) is 0 Å². The minimum atomic E-state index is 0.619. The zero-order chi connectivity index (χ0) is 19.1. The minimum Gasteiger partial charge on any atom is -0.297 e. The first kappa shape index (κ1) is 16.8. The predicted octanol–water partition coefficient (Wildman–Crippen LogP) is 4.91. The average molecular weight is 383 g/mol. The van der Waals surface area contributed by atoms with Crippen molar-refractivity contribution < 1.29 is 0 Å². The van der Waals surface area contributed by atoms with Gasteiger partial charge in [0.05, 0.1) is 22.8 Å². The molecule has 0 aliphatic carbocycles. The van der Waals surface area contributed by atoms with Crippen LogP contribution >= 0.6 is 11.3 Å². The smallest absolute Gasteiger partial charge is 0.167 e. The molecule has 0 fully saturated rings. The van der Waals surface area contributed by atoms with Gasteiger partial charge in [-0.2, -0.15) is 0 Å². The van der Waals surface area contributed by atoms with Crippen molar-refractivity contribution in [3.63, 3.8) is 0 Å². The highest BCUT2D eigenvalue weighted by atomic mass is 32.1. The molecule has 1 aromatic carbocycles. The number of benzene rings is 1. The number of fused-ring (bicyclic) bond motifs is 1. The second kappa shape index (κ2) is 6.65. The molecule has 4 heterocycles. The van der Waals surface area contributed by atoms with E-state index in [9.17, 15) is 0 Å². The number of nitrogens with zero attached hydrogens (tertiary/aromatic N) is 5. The van der Waals surface area contributed by atoms with Crippen LogP contribution in [0.1, 0.15) is 16.1 Å². The summed E-state index contributed by atoms with van der Waals surface area (Å²) in [6.45, 7) is 6.52. The number of aryl methyl sites for hydroxylation is 1. The molecular formula is C22H17N5S. The zero-order valence-corrected chi connectivity index (χ0v) is 16.1. The Morgan fingerprint density at radius 3 is 2.71 bits per heavy atom. The molecule has 5 rings (SSSR count). The standard InChI is InChI=1S/C22H17N5S/c1-3-15-9-10-17-25-14(2)19(27(17)13-15)22-26-18(16-7-5-4-6-8-16)20(28-22)21-23-11-12-24-21/h3-11,13H,1,12H2,2H3. The first-order valence-electron chi connectivity index (χ1n) is 8.99.